The van der Waals surface area contributed by atoms with E-state index in [1.807, 2.05) is 0 Å². The smallest absolute Gasteiger partial charge is 0.406 e. The third-order valence-corrected chi connectivity index (χ3v) is 1.23. The summed E-state index contributed by atoms with van der Waals surface area (Å²) in [6, 6.07) is 0. The van der Waals surface area contributed by atoms with Crippen LogP contribution >= 0.6 is 31.9 Å². The molecule has 0 unspecified atom stereocenters. The van der Waals surface area contributed by atoms with Crippen molar-refractivity contribution < 1.29 is 9.53 Å². The summed E-state index contributed by atoms with van der Waals surface area (Å²) in [5.41, 5.74) is 0. The maximum atomic E-state index is 10.3. The first kappa shape index (κ1) is 9.23. The number of amides is 1. The second-order valence-electron chi connectivity index (χ2n) is 1.26. The van der Waals surface area contributed by atoms with Crippen LogP contribution in [0.3, 0.4) is 0 Å². The van der Waals surface area contributed by atoms with Crippen molar-refractivity contribution >= 4 is 38.0 Å². The van der Waals surface area contributed by atoms with E-state index >= 15 is 0 Å². The van der Waals surface area contributed by atoms with Gasteiger partial charge in [0.2, 0.25) is 0 Å². The molecule has 1 N–H and O–H groups in total. The summed E-state index contributed by atoms with van der Waals surface area (Å²) in [5, 5.41) is 2.48. The number of alkyl halides is 2. The number of hydrogen-bond acceptors (Lipinski definition) is 2. The Morgan fingerprint density at radius 3 is 2.67 bits per heavy atom. The number of halogens is 2. The van der Waals surface area contributed by atoms with Crippen molar-refractivity contribution in [3.63, 3.8) is 0 Å². The molecule has 0 aliphatic carbocycles. The molecule has 0 spiro atoms. The summed E-state index contributed by atoms with van der Waals surface area (Å²) in [7, 11) is 1.33. The van der Waals surface area contributed by atoms with Gasteiger partial charge in [-0.3, -0.25) is 0 Å². The van der Waals surface area contributed by atoms with Crippen LogP contribution in [0, 0.1) is 0 Å². The van der Waals surface area contributed by atoms with Gasteiger partial charge in [0, 0.05) is 6.54 Å². The topological polar surface area (TPSA) is 38.3 Å². The number of ether oxygens (including phenoxy) is 1. The van der Waals surface area contributed by atoms with Gasteiger partial charge < -0.3 is 10.1 Å². The largest absolute Gasteiger partial charge is 0.453 e. The van der Waals surface area contributed by atoms with Crippen LogP contribution in [0.5, 0.6) is 0 Å². The fraction of sp³-hybridized carbons (Fsp3) is 0.750. The minimum atomic E-state index is -0.418. The molecule has 0 aromatic carbocycles. The molecule has 0 aliphatic heterocycles. The molecule has 3 nitrogen and oxygen atoms in total. The van der Waals surface area contributed by atoms with Gasteiger partial charge in [-0.2, -0.15) is 0 Å². The lowest BCUT2D eigenvalue weighted by Crippen LogP contribution is -2.26. The highest BCUT2D eigenvalue weighted by Crippen LogP contribution is 2.04. The highest BCUT2D eigenvalue weighted by Gasteiger charge is 2.00. The molecule has 0 heterocycles. The first-order valence-corrected chi connectivity index (χ1v) is 4.10. The number of rotatable bonds is 2. The fourth-order valence-electron chi connectivity index (χ4n) is 0.233. The van der Waals surface area contributed by atoms with E-state index in [0.717, 1.165) is 0 Å². The molecule has 0 aliphatic rings. The van der Waals surface area contributed by atoms with Crippen LogP contribution in [0.25, 0.3) is 0 Å². The molecule has 54 valence electrons. The minimum Gasteiger partial charge on any atom is -0.453 e. The number of carbonyl (C=O) groups is 1. The Labute approximate surface area is 70.4 Å². The summed E-state index contributed by atoms with van der Waals surface area (Å²) in [6.07, 6.45) is -0.418. The molecule has 9 heavy (non-hydrogen) atoms. The van der Waals surface area contributed by atoms with Gasteiger partial charge in [0.25, 0.3) is 0 Å². The van der Waals surface area contributed by atoms with Gasteiger partial charge in [-0.25, -0.2) is 4.79 Å². The van der Waals surface area contributed by atoms with Crippen molar-refractivity contribution in [2.45, 2.75) is 3.74 Å². The van der Waals surface area contributed by atoms with Crippen LogP contribution in [-0.2, 0) is 4.74 Å². The summed E-state index contributed by atoms with van der Waals surface area (Å²) < 4.78 is 4.41. The Morgan fingerprint density at radius 2 is 2.33 bits per heavy atom. The van der Waals surface area contributed by atoms with Gasteiger partial charge in [0.15, 0.2) is 0 Å². The van der Waals surface area contributed by atoms with E-state index in [1.165, 1.54) is 7.11 Å². The molecule has 0 rings (SSSR count). The van der Waals surface area contributed by atoms with Crippen molar-refractivity contribution in [2.75, 3.05) is 13.7 Å². The lowest BCUT2D eigenvalue weighted by molar-refractivity contribution is 0.171. The van der Waals surface area contributed by atoms with Crippen molar-refractivity contribution in [3.05, 3.63) is 0 Å². The van der Waals surface area contributed by atoms with Crippen molar-refractivity contribution in [1.82, 2.24) is 5.32 Å². The van der Waals surface area contributed by atoms with E-state index < -0.39 is 6.09 Å². The predicted molar refractivity (Wildman–Crippen MR) is 42.0 cm³/mol. The molecule has 0 atom stereocenters. The first-order valence-electron chi connectivity index (χ1n) is 2.26. The second kappa shape index (κ2) is 5.05. The lowest BCUT2D eigenvalue weighted by atomic mass is 10.7. The molecule has 0 radical (unpaired) electrons. The SMILES string of the molecule is COC(=O)NCC(Br)Br. The zero-order chi connectivity index (χ0) is 7.28. The Hall–Kier alpha value is 0.230. The number of hydrogen-bond donors (Lipinski definition) is 1. The quantitative estimate of drug-likeness (QED) is 0.764. The Kier molecular flexibility index (Phi) is 5.18. The highest BCUT2D eigenvalue weighted by atomic mass is 79.9. The highest BCUT2D eigenvalue weighted by molar-refractivity contribution is 9.24. The predicted octanol–water partition coefficient (Wildman–Crippen LogP) is 1.46. The zero-order valence-corrected chi connectivity index (χ0v) is 8.03. The summed E-state index contributed by atoms with van der Waals surface area (Å²) in [4.78, 5) is 10.3. The molecule has 0 bridgehead atoms. The minimum absolute atomic E-state index is 0.101. The maximum absolute atomic E-state index is 10.3. The Balaban J connectivity index is 3.17. The van der Waals surface area contributed by atoms with Crippen LogP contribution in [0.2, 0.25) is 0 Å². The first-order chi connectivity index (χ1) is 4.16. The standard InChI is InChI=1S/C4H7Br2NO2/c1-9-4(8)7-2-3(5)6/h3H,2H2,1H3,(H,7,8). The molecule has 1 amide bonds. The molecule has 0 aromatic heterocycles. The number of methoxy groups -OCH3 is 1. The molecule has 0 saturated carbocycles. The number of nitrogens with one attached hydrogen (secondary N) is 1. The van der Waals surface area contributed by atoms with Crippen LogP contribution in [0.4, 0.5) is 4.79 Å². The van der Waals surface area contributed by atoms with Crippen molar-refractivity contribution in [1.29, 1.82) is 0 Å². The fourth-order valence-corrected chi connectivity index (χ4v) is 0.556. The van der Waals surface area contributed by atoms with Gasteiger partial charge in [0.1, 0.15) is 0 Å². The van der Waals surface area contributed by atoms with Gasteiger partial charge in [-0.1, -0.05) is 31.9 Å². The third kappa shape index (κ3) is 6.11. The van der Waals surface area contributed by atoms with E-state index in [0.29, 0.717) is 6.54 Å². The average molecular weight is 261 g/mol. The van der Waals surface area contributed by atoms with Crippen molar-refractivity contribution in [2.24, 2.45) is 0 Å². The van der Waals surface area contributed by atoms with Gasteiger partial charge in [0.05, 0.1) is 10.8 Å². The van der Waals surface area contributed by atoms with Gasteiger partial charge >= 0.3 is 6.09 Å². The van der Waals surface area contributed by atoms with Gasteiger partial charge in [-0.05, 0) is 0 Å². The molecular weight excluding hydrogens is 254 g/mol. The van der Waals surface area contributed by atoms with Gasteiger partial charge in [-0.15, -0.1) is 0 Å². The summed E-state index contributed by atoms with van der Waals surface area (Å²) in [5.74, 6) is 0. The molecule has 5 heteroatoms. The summed E-state index contributed by atoms with van der Waals surface area (Å²) >= 11 is 6.36. The van der Waals surface area contributed by atoms with Crippen LogP contribution in [0.15, 0.2) is 0 Å². The average Bonchev–Trinajstić information content (AvgIpc) is 1.83. The Bertz CT molecular complexity index is 96.6. The normalized spacial score (nSPS) is 9.33. The second-order valence-corrected chi connectivity index (χ2v) is 4.70. The van der Waals surface area contributed by atoms with E-state index in [4.69, 9.17) is 0 Å². The zero-order valence-electron chi connectivity index (χ0n) is 4.86. The summed E-state index contributed by atoms with van der Waals surface area (Å²) in [6.45, 7) is 0.507. The van der Waals surface area contributed by atoms with Crippen molar-refractivity contribution in [3.8, 4) is 0 Å². The molecule has 0 fully saturated rings. The molecule has 0 aromatic rings. The van der Waals surface area contributed by atoms with E-state index in [2.05, 4.69) is 41.9 Å². The Morgan fingerprint density at radius 1 is 1.78 bits per heavy atom. The molecular formula is C4H7Br2NO2. The van der Waals surface area contributed by atoms with Crippen LogP contribution in [0.1, 0.15) is 0 Å². The lowest BCUT2D eigenvalue weighted by Gasteiger charge is -2.02. The van der Waals surface area contributed by atoms with Crippen LogP contribution in [-0.4, -0.2) is 23.5 Å². The molecule has 0 saturated heterocycles. The third-order valence-electron chi connectivity index (χ3n) is 0.586. The maximum Gasteiger partial charge on any atom is 0.406 e. The monoisotopic (exact) mass is 259 g/mol. The number of alkyl carbamates (subject to hydrolysis) is 1. The van der Waals surface area contributed by atoms with E-state index in [1.54, 1.807) is 0 Å². The van der Waals surface area contributed by atoms with E-state index in [9.17, 15) is 4.79 Å². The van der Waals surface area contributed by atoms with E-state index in [-0.39, 0.29) is 3.74 Å². The number of carbonyl (C=O) groups excluding carboxylic acids is 1. The van der Waals surface area contributed by atoms with Crippen LogP contribution < -0.4 is 5.32 Å².